The van der Waals surface area contributed by atoms with E-state index in [4.69, 9.17) is 4.84 Å². The minimum atomic E-state index is -0.117. The first-order valence-corrected chi connectivity index (χ1v) is 8.06. The monoisotopic (exact) mass is 309 g/mol. The van der Waals surface area contributed by atoms with E-state index in [1.165, 1.54) is 11.3 Å². The van der Waals surface area contributed by atoms with Gasteiger partial charge in [-0.3, -0.25) is 9.63 Å². The molecule has 0 radical (unpaired) electrons. The molecule has 21 heavy (non-hydrogen) atoms. The molecule has 0 bridgehead atoms. The fourth-order valence-corrected chi connectivity index (χ4v) is 2.91. The second-order valence-electron chi connectivity index (χ2n) is 5.14. The molecule has 3 heterocycles. The number of amides is 1. The molecule has 0 unspecified atom stereocenters. The van der Waals surface area contributed by atoms with Crippen molar-refractivity contribution in [3.63, 3.8) is 0 Å². The van der Waals surface area contributed by atoms with Crippen LogP contribution in [0.3, 0.4) is 0 Å². The van der Waals surface area contributed by atoms with Crippen LogP contribution in [-0.2, 0) is 9.63 Å². The van der Waals surface area contributed by atoms with Crippen molar-refractivity contribution in [2.45, 2.75) is 32.2 Å². The van der Waals surface area contributed by atoms with Crippen LogP contribution in [0.5, 0.6) is 0 Å². The van der Waals surface area contributed by atoms with Crippen molar-refractivity contribution in [3.05, 3.63) is 17.4 Å². The fourth-order valence-electron chi connectivity index (χ4n) is 2.30. The van der Waals surface area contributed by atoms with Crippen LogP contribution < -0.4 is 5.32 Å². The molecule has 1 amide bonds. The van der Waals surface area contributed by atoms with E-state index in [1.54, 1.807) is 10.0 Å². The number of nitrogens with one attached hydrogen (secondary N) is 1. The molecule has 7 nitrogen and oxygen atoms in total. The average Bonchev–Trinajstić information content (AvgIpc) is 3.07. The molecule has 0 saturated carbocycles. The van der Waals surface area contributed by atoms with Gasteiger partial charge in [-0.25, -0.2) is 9.50 Å². The maximum Gasteiger partial charge on any atom is 0.221 e. The topological polar surface area (TPSA) is 71.8 Å². The Hall–Kier alpha value is -1.51. The lowest BCUT2D eigenvalue weighted by molar-refractivity contribution is -0.181. The summed E-state index contributed by atoms with van der Waals surface area (Å²) in [6, 6.07) is -0.117. The SMILES string of the molecule is C[C@@H](NC(=O)CCN1CCCCO1)c1cn2ncsc2n1. The normalized spacial score (nSPS) is 18.0. The third-order valence-electron chi connectivity index (χ3n) is 3.49. The van der Waals surface area contributed by atoms with Gasteiger partial charge in [0.05, 0.1) is 24.5 Å². The summed E-state index contributed by atoms with van der Waals surface area (Å²) in [4.78, 5) is 22.7. The van der Waals surface area contributed by atoms with Crippen molar-refractivity contribution in [2.24, 2.45) is 0 Å². The summed E-state index contributed by atoms with van der Waals surface area (Å²) in [5.74, 6) is 0.0148. The first-order valence-electron chi connectivity index (χ1n) is 7.18. The Labute approximate surface area is 126 Å². The van der Waals surface area contributed by atoms with Crippen LogP contribution in [-0.4, -0.2) is 45.3 Å². The van der Waals surface area contributed by atoms with Crippen LogP contribution in [0.1, 0.15) is 37.9 Å². The lowest BCUT2D eigenvalue weighted by Crippen LogP contribution is -2.35. The second kappa shape index (κ2) is 6.50. The highest BCUT2D eigenvalue weighted by Gasteiger charge is 2.16. The molecule has 2 aromatic rings. The summed E-state index contributed by atoms with van der Waals surface area (Å²) in [7, 11) is 0. The van der Waals surface area contributed by atoms with E-state index in [9.17, 15) is 4.79 Å². The number of hydrogen-bond donors (Lipinski definition) is 1. The average molecular weight is 309 g/mol. The standard InChI is InChI=1S/C13H19N5O2S/c1-10(11-8-18-13(16-11)21-9-14-18)15-12(19)4-6-17-5-2-3-7-20-17/h8-10H,2-7H2,1H3,(H,15,19)/t10-/m1/s1. The second-order valence-corrected chi connectivity index (χ2v) is 5.95. The first kappa shape index (κ1) is 14.4. The number of nitrogens with zero attached hydrogens (tertiary/aromatic N) is 4. The minimum Gasteiger partial charge on any atom is -0.348 e. The zero-order chi connectivity index (χ0) is 14.7. The van der Waals surface area contributed by atoms with Crippen LogP contribution >= 0.6 is 11.3 Å². The summed E-state index contributed by atoms with van der Waals surface area (Å²) in [6.45, 7) is 4.24. The lowest BCUT2D eigenvalue weighted by Gasteiger charge is -2.25. The predicted molar refractivity (Wildman–Crippen MR) is 78.8 cm³/mol. The largest absolute Gasteiger partial charge is 0.348 e. The van der Waals surface area contributed by atoms with E-state index in [0.717, 1.165) is 36.6 Å². The van der Waals surface area contributed by atoms with Gasteiger partial charge in [-0.2, -0.15) is 10.2 Å². The molecule has 8 heteroatoms. The summed E-state index contributed by atoms with van der Waals surface area (Å²) in [5.41, 5.74) is 2.57. The summed E-state index contributed by atoms with van der Waals surface area (Å²) in [6.07, 6.45) is 4.52. The molecule has 0 aromatic carbocycles. The zero-order valence-corrected chi connectivity index (χ0v) is 12.8. The molecule has 114 valence electrons. The van der Waals surface area contributed by atoms with Crippen LogP contribution in [0.2, 0.25) is 0 Å². The molecule has 1 aliphatic heterocycles. The number of hydroxylamine groups is 2. The molecule has 1 saturated heterocycles. The van der Waals surface area contributed by atoms with Gasteiger partial charge in [-0.05, 0) is 19.8 Å². The van der Waals surface area contributed by atoms with Crippen molar-refractivity contribution < 1.29 is 9.63 Å². The van der Waals surface area contributed by atoms with E-state index in [-0.39, 0.29) is 11.9 Å². The van der Waals surface area contributed by atoms with Gasteiger partial charge in [0.2, 0.25) is 10.9 Å². The maximum atomic E-state index is 12.0. The van der Waals surface area contributed by atoms with Crippen LogP contribution in [0.15, 0.2) is 11.7 Å². The Morgan fingerprint density at radius 1 is 1.57 bits per heavy atom. The highest BCUT2D eigenvalue weighted by molar-refractivity contribution is 7.14. The van der Waals surface area contributed by atoms with Crippen molar-refractivity contribution >= 4 is 22.2 Å². The van der Waals surface area contributed by atoms with Gasteiger partial charge in [-0.15, -0.1) is 0 Å². The highest BCUT2D eigenvalue weighted by Crippen LogP contribution is 2.15. The Balaban J connectivity index is 1.48. The van der Waals surface area contributed by atoms with E-state index >= 15 is 0 Å². The molecule has 0 spiro atoms. The Kier molecular flexibility index (Phi) is 4.47. The van der Waals surface area contributed by atoms with Crippen molar-refractivity contribution in [3.8, 4) is 0 Å². The molecule has 0 aliphatic carbocycles. The van der Waals surface area contributed by atoms with Gasteiger partial charge >= 0.3 is 0 Å². The zero-order valence-electron chi connectivity index (χ0n) is 12.0. The molecule has 1 N–H and O–H groups in total. The van der Waals surface area contributed by atoms with Gasteiger partial charge in [0.15, 0.2) is 0 Å². The first-order chi connectivity index (χ1) is 10.2. The summed E-state index contributed by atoms with van der Waals surface area (Å²) in [5, 5.41) is 8.98. The van der Waals surface area contributed by atoms with Gasteiger partial charge < -0.3 is 5.32 Å². The molecular formula is C13H19N5O2S. The van der Waals surface area contributed by atoms with Crippen LogP contribution in [0.4, 0.5) is 0 Å². The number of imidazole rings is 1. The van der Waals surface area contributed by atoms with Crippen LogP contribution in [0.25, 0.3) is 4.96 Å². The lowest BCUT2D eigenvalue weighted by atomic mass is 10.2. The van der Waals surface area contributed by atoms with Crippen molar-refractivity contribution in [1.29, 1.82) is 0 Å². The number of carbonyl (C=O) groups is 1. The molecule has 1 fully saturated rings. The molecule has 1 atom stereocenters. The Morgan fingerprint density at radius 3 is 3.24 bits per heavy atom. The molecule has 2 aromatic heterocycles. The van der Waals surface area contributed by atoms with Crippen molar-refractivity contribution in [1.82, 2.24) is 25.0 Å². The maximum absolute atomic E-state index is 12.0. The van der Waals surface area contributed by atoms with E-state index in [0.29, 0.717) is 13.0 Å². The quantitative estimate of drug-likeness (QED) is 0.903. The number of carbonyl (C=O) groups excluding carboxylic acids is 1. The minimum absolute atomic E-state index is 0.0148. The number of aromatic nitrogens is 3. The Bertz CT molecular complexity index is 576. The van der Waals surface area contributed by atoms with E-state index < -0.39 is 0 Å². The molecule has 1 aliphatic rings. The molecule has 3 rings (SSSR count). The number of rotatable bonds is 5. The highest BCUT2D eigenvalue weighted by atomic mass is 32.1. The third kappa shape index (κ3) is 3.58. The summed E-state index contributed by atoms with van der Waals surface area (Å²) < 4.78 is 1.73. The van der Waals surface area contributed by atoms with Gasteiger partial charge in [0, 0.05) is 19.5 Å². The number of hydrogen-bond acceptors (Lipinski definition) is 6. The molecular weight excluding hydrogens is 290 g/mol. The van der Waals surface area contributed by atoms with Crippen LogP contribution in [0, 0.1) is 0 Å². The predicted octanol–water partition coefficient (Wildman–Crippen LogP) is 1.39. The smallest absolute Gasteiger partial charge is 0.221 e. The van der Waals surface area contributed by atoms with Gasteiger partial charge in [-0.1, -0.05) is 11.3 Å². The van der Waals surface area contributed by atoms with E-state index in [2.05, 4.69) is 15.4 Å². The van der Waals surface area contributed by atoms with Gasteiger partial charge in [0.1, 0.15) is 5.51 Å². The van der Waals surface area contributed by atoms with Gasteiger partial charge in [0.25, 0.3) is 0 Å². The summed E-state index contributed by atoms with van der Waals surface area (Å²) >= 11 is 1.48. The van der Waals surface area contributed by atoms with E-state index in [1.807, 2.05) is 18.2 Å². The van der Waals surface area contributed by atoms with Crippen molar-refractivity contribution in [2.75, 3.05) is 19.7 Å². The fraction of sp³-hybridized carbons (Fsp3) is 0.615. The number of fused-ring (bicyclic) bond motifs is 1. The third-order valence-corrected chi connectivity index (χ3v) is 4.18. The Morgan fingerprint density at radius 2 is 2.48 bits per heavy atom.